The minimum atomic E-state index is -0.255. The predicted molar refractivity (Wildman–Crippen MR) is 83.3 cm³/mol. The summed E-state index contributed by atoms with van der Waals surface area (Å²) in [5, 5.41) is 0. The van der Waals surface area contributed by atoms with Crippen LogP contribution in [0.5, 0.6) is 0 Å². The summed E-state index contributed by atoms with van der Waals surface area (Å²) in [6, 6.07) is 9.96. The van der Waals surface area contributed by atoms with Gasteiger partial charge in [0.1, 0.15) is 12.4 Å². The van der Waals surface area contributed by atoms with Gasteiger partial charge in [-0.15, -0.1) is 0 Å². The Hall–Kier alpha value is -1.84. The van der Waals surface area contributed by atoms with Gasteiger partial charge in [-0.25, -0.2) is 4.79 Å². The number of hydrogen-bond donors (Lipinski definition) is 0. The van der Waals surface area contributed by atoms with E-state index in [1.165, 1.54) is 0 Å². The molecule has 1 aromatic rings. The van der Waals surface area contributed by atoms with Crippen LogP contribution in [0.2, 0.25) is 0 Å². The second-order valence-electron chi connectivity index (χ2n) is 6.77. The van der Waals surface area contributed by atoms with Gasteiger partial charge in [-0.2, -0.15) is 0 Å². The highest BCUT2D eigenvalue weighted by Gasteiger charge is 2.46. The molecule has 0 bridgehead atoms. The quantitative estimate of drug-likeness (QED) is 0.857. The molecule has 0 aliphatic heterocycles. The fourth-order valence-corrected chi connectivity index (χ4v) is 3.71. The van der Waals surface area contributed by atoms with Crippen LogP contribution in [0.25, 0.3) is 0 Å². The van der Waals surface area contributed by atoms with E-state index >= 15 is 0 Å². The molecule has 3 rings (SSSR count). The summed E-state index contributed by atoms with van der Waals surface area (Å²) in [5.74, 6) is 0.397. The fraction of sp³-hybridized carbons (Fsp3) is 0.556. The van der Waals surface area contributed by atoms with Gasteiger partial charge in [0, 0.05) is 25.9 Å². The third-order valence-electron chi connectivity index (χ3n) is 5.20. The van der Waals surface area contributed by atoms with Gasteiger partial charge < -0.3 is 9.64 Å². The topological polar surface area (TPSA) is 46.6 Å². The van der Waals surface area contributed by atoms with Crippen LogP contribution in [-0.2, 0) is 16.1 Å². The van der Waals surface area contributed by atoms with E-state index in [4.69, 9.17) is 4.74 Å². The zero-order valence-electron chi connectivity index (χ0n) is 13.1. The first-order chi connectivity index (χ1) is 10.6. The molecule has 0 aromatic heterocycles. The van der Waals surface area contributed by atoms with Gasteiger partial charge in [0.05, 0.1) is 0 Å². The molecular weight excluding hydrogens is 278 g/mol. The summed E-state index contributed by atoms with van der Waals surface area (Å²) in [4.78, 5) is 25.1. The Labute approximate surface area is 131 Å². The molecule has 0 radical (unpaired) electrons. The number of ketones is 1. The zero-order chi connectivity index (χ0) is 15.6. The van der Waals surface area contributed by atoms with Crippen LogP contribution in [0.15, 0.2) is 30.3 Å². The highest BCUT2D eigenvalue weighted by Crippen LogP contribution is 2.50. The van der Waals surface area contributed by atoms with Gasteiger partial charge in [-0.1, -0.05) is 30.3 Å². The third-order valence-corrected chi connectivity index (χ3v) is 5.20. The molecule has 1 amide bonds. The number of Topliss-reactive ketones (excluding diaryl/α,β-unsaturated/α-hetero) is 1. The molecule has 2 aliphatic carbocycles. The molecule has 0 atom stereocenters. The van der Waals surface area contributed by atoms with Crippen molar-refractivity contribution in [2.75, 3.05) is 7.05 Å². The molecule has 1 spiro atoms. The normalized spacial score (nSPS) is 20.5. The minimum Gasteiger partial charge on any atom is -0.445 e. The van der Waals surface area contributed by atoms with Gasteiger partial charge in [0.2, 0.25) is 0 Å². The molecule has 2 fully saturated rings. The Balaban J connectivity index is 1.46. The maximum absolute atomic E-state index is 12.2. The maximum atomic E-state index is 12.2. The van der Waals surface area contributed by atoms with Crippen molar-refractivity contribution in [2.45, 2.75) is 51.2 Å². The van der Waals surface area contributed by atoms with E-state index in [9.17, 15) is 9.59 Å². The van der Waals surface area contributed by atoms with Crippen LogP contribution in [0, 0.1) is 5.41 Å². The molecule has 0 heterocycles. The van der Waals surface area contributed by atoms with Gasteiger partial charge in [-0.3, -0.25) is 4.79 Å². The highest BCUT2D eigenvalue weighted by molar-refractivity contribution is 5.86. The summed E-state index contributed by atoms with van der Waals surface area (Å²) >= 11 is 0. The van der Waals surface area contributed by atoms with E-state index in [1.54, 1.807) is 4.90 Å². The first-order valence-electron chi connectivity index (χ1n) is 8.03. The second kappa shape index (κ2) is 6.11. The highest BCUT2D eigenvalue weighted by atomic mass is 16.6. The van der Waals surface area contributed by atoms with Gasteiger partial charge in [0.25, 0.3) is 0 Å². The lowest BCUT2D eigenvalue weighted by Crippen LogP contribution is -2.46. The molecule has 0 unspecified atom stereocenters. The van der Waals surface area contributed by atoms with Crippen LogP contribution in [0.3, 0.4) is 0 Å². The second-order valence-corrected chi connectivity index (χ2v) is 6.77. The van der Waals surface area contributed by atoms with Crippen LogP contribution < -0.4 is 0 Å². The van der Waals surface area contributed by atoms with E-state index in [0.717, 1.165) is 44.1 Å². The van der Waals surface area contributed by atoms with E-state index in [-0.39, 0.29) is 17.6 Å². The third kappa shape index (κ3) is 3.16. The predicted octanol–water partition coefficient (Wildman–Crippen LogP) is 3.55. The molecule has 4 heteroatoms. The fourth-order valence-electron chi connectivity index (χ4n) is 3.71. The number of ether oxygens (including phenoxy) is 1. The summed E-state index contributed by atoms with van der Waals surface area (Å²) < 4.78 is 5.39. The Bertz CT molecular complexity index is 537. The lowest BCUT2D eigenvalue weighted by atomic mass is 9.59. The van der Waals surface area contributed by atoms with Crippen molar-refractivity contribution in [1.29, 1.82) is 0 Å². The number of rotatable bonds is 3. The lowest BCUT2D eigenvalue weighted by molar-refractivity contribution is -0.135. The summed E-state index contributed by atoms with van der Waals surface area (Å²) in [7, 11) is 1.82. The van der Waals surface area contributed by atoms with Crippen molar-refractivity contribution in [2.24, 2.45) is 5.41 Å². The zero-order valence-corrected chi connectivity index (χ0v) is 13.1. The SMILES string of the molecule is CN(C(=O)OCc1ccccc1)C1CCC2(CC1)CC(=O)C2. The molecule has 22 heavy (non-hydrogen) atoms. The van der Waals surface area contributed by atoms with Crippen molar-refractivity contribution in [3.63, 3.8) is 0 Å². The Morgan fingerprint density at radius 2 is 1.86 bits per heavy atom. The van der Waals surface area contributed by atoms with Crippen molar-refractivity contribution in [3.8, 4) is 0 Å². The number of benzene rings is 1. The molecule has 0 N–H and O–H groups in total. The van der Waals surface area contributed by atoms with Gasteiger partial charge in [0.15, 0.2) is 0 Å². The number of nitrogens with zero attached hydrogens (tertiary/aromatic N) is 1. The Kier molecular flexibility index (Phi) is 4.19. The van der Waals surface area contributed by atoms with Crippen molar-refractivity contribution < 1.29 is 14.3 Å². The monoisotopic (exact) mass is 301 g/mol. The van der Waals surface area contributed by atoms with E-state index in [2.05, 4.69) is 0 Å². The Morgan fingerprint density at radius 1 is 1.23 bits per heavy atom. The lowest BCUT2D eigenvalue weighted by Gasteiger charge is -2.47. The molecule has 2 aliphatic rings. The minimum absolute atomic E-state index is 0.240. The smallest absolute Gasteiger partial charge is 0.410 e. The first kappa shape index (κ1) is 15.1. The molecule has 118 valence electrons. The molecule has 2 saturated carbocycles. The van der Waals surface area contributed by atoms with Gasteiger partial charge >= 0.3 is 6.09 Å². The molecule has 1 aromatic carbocycles. The Morgan fingerprint density at radius 3 is 2.45 bits per heavy atom. The van der Waals surface area contributed by atoms with Crippen molar-refractivity contribution in [3.05, 3.63) is 35.9 Å². The molecule has 0 saturated heterocycles. The number of hydrogen-bond acceptors (Lipinski definition) is 3. The van der Waals surface area contributed by atoms with Crippen LogP contribution >= 0.6 is 0 Å². The molecule has 4 nitrogen and oxygen atoms in total. The molecular formula is C18H23NO3. The van der Waals surface area contributed by atoms with Crippen LogP contribution in [0.1, 0.15) is 44.1 Å². The number of carbonyl (C=O) groups excluding carboxylic acids is 2. The largest absolute Gasteiger partial charge is 0.445 e. The van der Waals surface area contributed by atoms with Crippen LogP contribution in [0.4, 0.5) is 4.79 Å². The first-order valence-corrected chi connectivity index (χ1v) is 8.03. The van der Waals surface area contributed by atoms with E-state index in [1.807, 2.05) is 37.4 Å². The van der Waals surface area contributed by atoms with Gasteiger partial charge in [-0.05, 0) is 36.7 Å². The van der Waals surface area contributed by atoms with Crippen LogP contribution in [-0.4, -0.2) is 29.9 Å². The average Bonchev–Trinajstić information content (AvgIpc) is 2.52. The van der Waals surface area contributed by atoms with E-state index < -0.39 is 0 Å². The standard InChI is InChI=1S/C18H23NO3/c1-19(17(21)22-13-14-5-3-2-4-6-14)15-7-9-18(10-8-15)11-16(20)12-18/h2-6,15H,7-13H2,1H3. The van der Waals surface area contributed by atoms with Crippen molar-refractivity contribution >= 4 is 11.9 Å². The number of carbonyl (C=O) groups is 2. The van der Waals surface area contributed by atoms with E-state index in [0.29, 0.717) is 12.4 Å². The summed E-state index contributed by atoms with van der Waals surface area (Å²) in [6.45, 7) is 0.315. The van der Waals surface area contributed by atoms with Crippen molar-refractivity contribution in [1.82, 2.24) is 4.90 Å². The summed E-state index contributed by atoms with van der Waals surface area (Å²) in [6.07, 6.45) is 5.31. The number of amides is 1. The summed E-state index contributed by atoms with van der Waals surface area (Å²) in [5.41, 5.74) is 1.27. The average molecular weight is 301 g/mol. The maximum Gasteiger partial charge on any atom is 0.410 e.